The van der Waals surface area contributed by atoms with Crippen LogP contribution in [0.15, 0.2) is 18.2 Å². The van der Waals surface area contributed by atoms with Gasteiger partial charge in [-0.15, -0.1) is 0 Å². The zero-order valence-electron chi connectivity index (χ0n) is 14.4. The first-order valence-electron chi connectivity index (χ1n) is 9.18. The van der Waals surface area contributed by atoms with Gasteiger partial charge in [-0.3, -0.25) is 4.90 Å². The number of ether oxygens (including phenoxy) is 3. The van der Waals surface area contributed by atoms with Gasteiger partial charge in [0.2, 0.25) is 0 Å². The number of nitrogens with zero attached hydrogens (tertiary/aromatic N) is 1. The smallest absolute Gasteiger partial charge is 0.408 e. The highest BCUT2D eigenvalue weighted by molar-refractivity contribution is 5.73. The lowest BCUT2D eigenvalue weighted by molar-refractivity contribution is -0.143. The molecule has 3 fully saturated rings. The Bertz CT molecular complexity index is 693. The minimum atomic E-state index is -0.390. The number of benzene rings is 1. The van der Waals surface area contributed by atoms with Gasteiger partial charge in [-0.25, -0.2) is 4.79 Å². The number of likely N-dealkylation sites (tertiary alicyclic amines) is 1. The Kier molecular flexibility index (Phi) is 3.55. The monoisotopic (exact) mass is 344 g/mol. The lowest BCUT2D eigenvalue weighted by Crippen LogP contribution is -2.74. The summed E-state index contributed by atoms with van der Waals surface area (Å²) in [5.41, 5.74) is 3.45. The van der Waals surface area contributed by atoms with Crippen molar-refractivity contribution in [2.45, 2.75) is 43.6 Å². The second-order valence-electron chi connectivity index (χ2n) is 7.71. The van der Waals surface area contributed by atoms with Crippen molar-refractivity contribution in [2.24, 2.45) is 0 Å². The standard InChI is InChI=1S/C19H24N2O4/c22-17-20-18(5-8-23-9-6-18)19(25-17)12-21(13-19)10-15-3-1-2-14-4-7-24-11-16(14)15/h1-3H,4-13H2,(H,20,22). The predicted molar refractivity (Wildman–Crippen MR) is 90.2 cm³/mol. The molecule has 1 aromatic rings. The van der Waals surface area contributed by atoms with Crippen molar-refractivity contribution in [1.82, 2.24) is 10.2 Å². The molecule has 1 N–H and O–H groups in total. The number of amides is 1. The maximum Gasteiger partial charge on any atom is 0.408 e. The van der Waals surface area contributed by atoms with E-state index < -0.39 is 0 Å². The summed E-state index contributed by atoms with van der Waals surface area (Å²) in [7, 11) is 0. The number of carbonyl (C=O) groups is 1. The second-order valence-corrected chi connectivity index (χ2v) is 7.71. The highest BCUT2D eigenvalue weighted by Gasteiger charge is 2.66. The molecule has 0 bridgehead atoms. The predicted octanol–water partition coefficient (Wildman–Crippen LogP) is 1.60. The summed E-state index contributed by atoms with van der Waals surface area (Å²) in [5.74, 6) is 0. The van der Waals surface area contributed by atoms with E-state index in [1.165, 1.54) is 16.7 Å². The summed E-state index contributed by atoms with van der Waals surface area (Å²) in [4.78, 5) is 14.3. The fourth-order valence-corrected chi connectivity index (χ4v) is 4.92. The van der Waals surface area contributed by atoms with Gasteiger partial charge in [-0.1, -0.05) is 18.2 Å². The lowest BCUT2D eigenvalue weighted by Gasteiger charge is -2.55. The van der Waals surface area contributed by atoms with Crippen LogP contribution in [0.1, 0.15) is 29.5 Å². The van der Waals surface area contributed by atoms with Crippen molar-refractivity contribution < 1.29 is 19.0 Å². The number of hydrogen-bond acceptors (Lipinski definition) is 5. The Hall–Kier alpha value is -1.63. The van der Waals surface area contributed by atoms with E-state index >= 15 is 0 Å². The molecule has 4 aliphatic heterocycles. The number of carbonyl (C=O) groups excluding carboxylic acids is 1. The average molecular weight is 344 g/mol. The number of nitrogens with one attached hydrogen (secondary N) is 1. The molecule has 4 aliphatic rings. The Labute approximate surface area is 147 Å². The molecule has 1 aromatic carbocycles. The van der Waals surface area contributed by atoms with Crippen molar-refractivity contribution in [2.75, 3.05) is 32.9 Å². The first-order valence-corrected chi connectivity index (χ1v) is 9.18. The van der Waals surface area contributed by atoms with Crippen LogP contribution >= 0.6 is 0 Å². The van der Waals surface area contributed by atoms with Crippen LogP contribution in [0.2, 0.25) is 0 Å². The molecule has 0 radical (unpaired) electrons. The third-order valence-electron chi connectivity index (χ3n) is 6.33. The first-order chi connectivity index (χ1) is 12.2. The molecule has 3 saturated heterocycles. The molecule has 4 heterocycles. The average Bonchev–Trinajstić information content (AvgIpc) is 2.87. The zero-order valence-corrected chi connectivity index (χ0v) is 14.4. The topological polar surface area (TPSA) is 60.0 Å². The highest BCUT2D eigenvalue weighted by Crippen LogP contribution is 2.46. The van der Waals surface area contributed by atoms with Gasteiger partial charge in [0.05, 0.1) is 18.8 Å². The molecule has 2 spiro atoms. The van der Waals surface area contributed by atoms with Crippen molar-refractivity contribution in [1.29, 1.82) is 0 Å². The highest BCUT2D eigenvalue weighted by atomic mass is 16.6. The third-order valence-corrected chi connectivity index (χ3v) is 6.33. The van der Waals surface area contributed by atoms with Crippen molar-refractivity contribution in [3.05, 3.63) is 34.9 Å². The van der Waals surface area contributed by atoms with Gasteiger partial charge in [0.25, 0.3) is 0 Å². The van der Waals surface area contributed by atoms with E-state index in [1.807, 2.05) is 0 Å². The number of rotatable bonds is 2. The molecule has 0 aliphatic carbocycles. The van der Waals surface area contributed by atoms with E-state index in [-0.39, 0.29) is 17.2 Å². The quantitative estimate of drug-likeness (QED) is 0.883. The summed E-state index contributed by atoms with van der Waals surface area (Å²) in [5, 5.41) is 3.11. The molecule has 134 valence electrons. The zero-order chi connectivity index (χ0) is 16.9. The molecule has 0 aromatic heterocycles. The van der Waals surface area contributed by atoms with Crippen molar-refractivity contribution >= 4 is 6.09 Å². The molecule has 1 amide bonds. The van der Waals surface area contributed by atoms with Crippen LogP contribution in [0.25, 0.3) is 0 Å². The van der Waals surface area contributed by atoms with E-state index in [0.29, 0.717) is 19.8 Å². The van der Waals surface area contributed by atoms with Gasteiger partial charge in [-0.2, -0.15) is 0 Å². The molecule has 6 nitrogen and oxygen atoms in total. The minimum Gasteiger partial charge on any atom is -0.438 e. The Morgan fingerprint density at radius 1 is 1.12 bits per heavy atom. The molecular weight excluding hydrogens is 320 g/mol. The maximum atomic E-state index is 12.0. The van der Waals surface area contributed by atoms with Gasteiger partial charge in [0.15, 0.2) is 5.60 Å². The van der Waals surface area contributed by atoms with Gasteiger partial charge in [0.1, 0.15) is 0 Å². The summed E-state index contributed by atoms with van der Waals surface area (Å²) in [6.07, 6.45) is 2.40. The normalized spacial score (nSPS) is 26.8. The van der Waals surface area contributed by atoms with E-state index in [4.69, 9.17) is 14.2 Å². The molecule has 5 rings (SSSR count). The largest absolute Gasteiger partial charge is 0.438 e. The van der Waals surface area contributed by atoms with Gasteiger partial charge in [-0.05, 0) is 36.0 Å². The number of hydrogen-bond donors (Lipinski definition) is 1. The van der Waals surface area contributed by atoms with E-state index in [0.717, 1.165) is 45.5 Å². The van der Waals surface area contributed by atoms with Crippen molar-refractivity contribution in [3.63, 3.8) is 0 Å². The van der Waals surface area contributed by atoms with Gasteiger partial charge < -0.3 is 19.5 Å². The van der Waals surface area contributed by atoms with Crippen LogP contribution in [0.5, 0.6) is 0 Å². The SMILES string of the molecule is O=C1NC2(CCOCC2)C2(CN(Cc3cccc4c3COCC4)C2)O1. The fraction of sp³-hybridized carbons (Fsp3) is 0.632. The third kappa shape index (κ3) is 2.39. The van der Waals surface area contributed by atoms with E-state index in [1.54, 1.807) is 0 Å². The summed E-state index contributed by atoms with van der Waals surface area (Å²) in [6.45, 7) is 5.37. The van der Waals surface area contributed by atoms with Crippen LogP contribution in [0.3, 0.4) is 0 Å². The number of fused-ring (bicyclic) bond motifs is 2. The summed E-state index contributed by atoms with van der Waals surface area (Å²) in [6, 6.07) is 6.55. The van der Waals surface area contributed by atoms with Crippen molar-refractivity contribution in [3.8, 4) is 0 Å². The van der Waals surface area contributed by atoms with Gasteiger partial charge >= 0.3 is 6.09 Å². The van der Waals surface area contributed by atoms with Crippen LogP contribution in [-0.2, 0) is 33.8 Å². The van der Waals surface area contributed by atoms with Gasteiger partial charge in [0, 0.05) is 32.8 Å². The first kappa shape index (κ1) is 15.6. The fourth-order valence-electron chi connectivity index (χ4n) is 4.92. The lowest BCUT2D eigenvalue weighted by atomic mass is 9.70. The van der Waals surface area contributed by atoms with Crippen LogP contribution in [-0.4, -0.2) is 55.0 Å². The van der Waals surface area contributed by atoms with E-state index in [2.05, 4.69) is 28.4 Å². The Balaban J connectivity index is 1.33. The number of alkyl carbamates (subject to hydrolysis) is 1. The molecule has 0 atom stereocenters. The van der Waals surface area contributed by atoms with Crippen LogP contribution in [0.4, 0.5) is 4.79 Å². The Morgan fingerprint density at radius 2 is 1.96 bits per heavy atom. The summed E-state index contributed by atoms with van der Waals surface area (Å²) >= 11 is 0. The molecule has 0 saturated carbocycles. The van der Waals surface area contributed by atoms with E-state index in [9.17, 15) is 4.79 Å². The molecule has 6 heteroatoms. The Morgan fingerprint density at radius 3 is 2.80 bits per heavy atom. The molecule has 25 heavy (non-hydrogen) atoms. The van der Waals surface area contributed by atoms with Crippen LogP contribution < -0.4 is 5.32 Å². The summed E-state index contributed by atoms with van der Waals surface area (Å²) < 4.78 is 16.9. The van der Waals surface area contributed by atoms with Crippen LogP contribution in [0, 0.1) is 0 Å². The molecule has 0 unspecified atom stereocenters. The second kappa shape index (κ2) is 5.69. The minimum absolute atomic E-state index is 0.252. The molecular formula is C19H24N2O4. The maximum absolute atomic E-state index is 12.0.